The van der Waals surface area contributed by atoms with E-state index in [2.05, 4.69) is 33.0 Å². The second-order valence-corrected chi connectivity index (χ2v) is 5.33. The van der Waals surface area contributed by atoms with Crippen LogP contribution in [-0.2, 0) is 0 Å². The lowest BCUT2D eigenvalue weighted by molar-refractivity contribution is 0.183. The van der Waals surface area contributed by atoms with Crippen molar-refractivity contribution >= 4 is 0 Å². The van der Waals surface area contributed by atoms with E-state index in [9.17, 15) is 0 Å². The minimum Gasteiger partial charge on any atom is -0.311 e. The summed E-state index contributed by atoms with van der Waals surface area (Å²) in [6, 6.07) is 0. The molecule has 1 nitrogen and oxygen atoms in total. The van der Waals surface area contributed by atoms with Crippen LogP contribution in [0.3, 0.4) is 0 Å². The Morgan fingerprint density at radius 3 is 2.09 bits per heavy atom. The van der Waals surface area contributed by atoms with Gasteiger partial charge in [-0.05, 0) is 31.6 Å². The van der Waals surface area contributed by atoms with Crippen LogP contribution < -0.4 is 5.32 Å². The van der Waals surface area contributed by atoms with Gasteiger partial charge in [-0.3, -0.25) is 0 Å². The summed E-state index contributed by atoms with van der Waals surface area (Å²) in [7, 11) is 0. The minimum atomic E-state index is 0.429. The van der Waals surface area contributed by atoms with Crippen molar-refractivity contribution in [2.75, 3.05) is 6.54 Å². The molecule has 0 amide bonds. The summed E-state index contributed by atoms with van der Waals surface area (Å²) in [6.07, 6.45) is 4.14. The minimum absolute atomic E-state index is 0.429. The molecule has 0 spiro atoms. The van der Waals surface area contributed by atoms with Crippen LogP contribution >= 0.6 is 0 Å². The van der Waals surface area contributed by atoms with Gasteiger partial charge < -0.3 is 5.32 Å². The zero-order chi connectivity index (χ0) is 8.54. The molecule has 0 aromatic carbocycles. The first kappa shape index (κ1) is 9.05. The van der Waals surface area contributed by atoms with Gasteiger partial charge in [0, 0.05) is 12.1 Å². The van der Waals surface area contributed by atoms with E-state index in [1.807, 2.05) is 0 Å². The Morgan fingerprint density at radius 2 is 1.82 bits per heavy atom. The van der Waals surface area contributed by atoms with Crippen molar-refractivity contribution in [3.05, 3.63) is 0 Å². The number of rotatable bonds is 2. The summed E-state index contributed by atoms with van der Waals surface area (Å²) in [5.74, 6) is 0. The van der Waals surface area contributed by atoms with E-state index < -0.39 is 0 Å². The van der Waals surface area contributed by atoms with Crippen molar-refractivity contribution in [2.45, 2.75) is 52.5 Å². The second kappa shape index (κ2) is 2.78. The Bertz CT molecular complexity index is 128. The molecule has 11 heavy (non-hydrogen) atoms. The largest absolute Gasteiger partial charge is 0.311 e. The highest BCUT2D eigenvalue weighted by Gasteiger charge is 2.31. The van der Waals surface area contributed by atoms with Crippen molar-refractivity contribution < 1.29 is 0 Å². The molecule has 0 radical (unpaired) electrons. The van der Waals surface area contributed by atoms with E-state index in [1.54, 1.807) is 0 Å². The number of nitrogens with one attached hydrogen (secondary N) is 1. The highest BCUT2D eigenvalue weighted by Crippen LogP contribution is 2.31. The highest BCUT2D eigenvalue weighted by molar-refractivity contribution is 4.92. The Labute approximate surface area is 70.6 Å². The van der Waals surface area contributed by atoms with Gasteiger partial charge in [0.05, 0.1) is 0 Å². The fraction of sp³-hybridized carbons (Fsp3) is 1.00. The molecule has 1 saturated carbocycles. The molecule has 1 rings (SSSR count). The molecule has 0 saturated heterocycles. The van der Waals surface area contributed by atoms with Crippen LogP contribution in [0.4, 0.5) is 0 Å². The maximum Gasteiger partial charge on any atom is 0.0153 e. The number of hydrogen-bond acceptors (Lipinski definition) is 1. The molecule has 0 unspecified atom stereocenters. The SMILES string of the molecule is CC(C)(C)CNC1(C)CCC1. The maximum atomic E-state index is 3.64. The van der Waals surface area contributed by atoms with Crippen molar-refractivity contribution in [3.63, 3.8) is 0 Å². The standard InChI is InChI=1S/C10H21N/c1-9(2,3)8-11-10(4)6-5-7-10/h11H,5-8H2,1-4H3. The van der Waals surface area contributed by atoms with E-state index in [1.165, 1.54) is 19.3 Å². The summed E-state index contributed by atoms with van der Waals surface area (Å²) in [5.41, 5.74) is 0.909. The third-order valence-electron chi connectivity index (χ3n) is 2.50. The van der Waals surface area contributed by atoms with Crippen molar-refractivity contribution in [2.24, 2.45) is 5.41 Å². The average molecular weight is 155 g/mol. The van der Waals surface area contributed by atoms with Crippen LogP contribution in [-0.4, -0.2) is 12.1 Å². The topological polar surface area (TPSA) is 12.0 Å². The fourth-order valence-corrected chi connectivity index (χ4v) is 1.36. The van der Waals surface area contributed by atoms with E-state index in [0.717, 1.165) is 6.54 Å². The lowest BCUT2D eigenvalue weighted by Crippen LogP contribution is -2.50. The summed E-state index contributed by atoms with van der Waals surface area (Å²) in [5, 5.41) is 3.64. The first-order valence-corrected chi connectivity index (χ1v) is 4.66. The Morgan fingerprint density at radius 1 is 1.27 bits per heavy atom. The van der Waals surface area contributed by atoms with E-state index in [0.29, 0.717) is 11.0 Å². The van der Waals surface area contributed by atoms with Gasteiger partial charge >= 0.3 is 0 Å². The smallest absolute Gasteiger partial charge is 0.0153 e. The van der Waals surface area contributed by atoms with Gasteiger partial charge in [-0.1, -0.05) is 20.8 Å². The van der Waals surface area contributed by atoms with Crippen LogP contribution in [0.1, 0.15) is 47.0 Å². The van der Waals surface area contributed by atoms with Crippen molar-refractivity contribution in [1.82, 2.24) is 5.32 Å². The molecular weight excluding hydrogens is 134 g/mol. The summed E-state index contributed by atoms with van der Waals surface area (Å²) in [6.45, 7) is 10.3. The molecule has 0 bridgehead atoms. The Balaban J connectivity index is 2.21. The zero-order valence-corrected chi connectivity index (χ0v) is 8.33. The van der Waals surface area contributed by atoms with Gasteiger partial charge in [-0.2, -0.15) is 0 Å². The van der Waals surface area contributed by atoms with E-state index >= 15 is 0 Å². The average Bonchev–Trinajstić information content (AvgIpc) is 1.77. The van der Waals surface area contributed by atoms with Crippen LogP contribution in [0.15, 0.2) is 0 Å². The Kier molecular flexibility index (Phi) is 2.29. The first-order chi connectivity index (χ1) is 4.91. The first-order valence-electron chi connectivity index (χ1n) is 4.66. The van der Waals surface area contributed by atoms with E-state index in [-0.39, 0.29) is 0 Å². The zero-order valence-electron chi connectivity index (χ0n) is 8.33. The normalized spacial score (nSPS) is 22.9. The van der Waals surface area contributed by atoms with Crippen molar-refractivity contribution in [3.8, 4) is 0 Å². The quantitative estimate of drug-likeness (QED) is 0.646. The van der Waals surface area contributed by atoms with Crippen molar-refractivity contribution in [1.29, 1.82) is 0 Å². The van der Waals surface area contributed by atoms with Gasteiger partial charge in [-0.15, -0.1) is 0 Å². The summed E-state index contributed by atoms with van der Waals surface area (Å²) in [4.78, 5) is 0. The predicted octanol–water partition coefficient (Wildman–Crippen LogP) is 2.56. The van der Waals surface area contributed by atoms with Crippen LogP contribution in [0, 0.1) is 5.41 Å². The van der Waals surface area contributed by atoms with Gasteiger partial charge in [0.25, 0.3) is 0 Å². The highest BCUT2D eigenvalue weighted by atomic mass is 15.0. The molecule has 1 aliphatic carbocycles. The van der Waals surface area contributed by atoms with Gasteiger partial charge in [-0.25, -0.2) is 0 Å². The molecule has 1 fully saturated rings. The van der Waals surface area contributed by atoms with Crippen LogP contribution in [0.2, 0.25) is 0 Å². The number of hydrogen-bond donors (Lipinski definition) is 1. The third-order valence-corrected chi connectivity index (χ3v) is 2.50. The molecule has 1 heteroatoms. The maximum absolute atomic E-state index is 3.64. The van der Waals surface area contributed by atoms with Gasteiger partial charge in [0.2, 0.25) is 0 Å². The molecule has 0 aliphatic heterocycles. The summed E-state index contributed by atoms with van der Waals surface area (Å²) < 4.78 is 0. The van der Waals surface area contributed by atoms with Gasteiger partial charge in [0.15, 0.2) is 0 Å². The Hall–Kier alpha value is -0.0400. The molecule has 66 valence electrons. The molecule has 0 heterocycles. The lowest BCUT2D eigenvalue weighted by Gasteiger charge is -2.41. The molecule has 1 N–H and O–H groups in total. The molecular formula is C10H21N. The summed E-state index contributed by atoms with van der Waals surface area (Å²) >= 11 is 0. The molecule has 0 aromatic heterocycles. The monoisotopic (exact) mass is 155 g/mol. The van der Waals surface area contributed by atoms with Crippen LogP contribution in [0.25, 0.3) is 0 Å². The van der Waals surface area contributed by atoms with E-state index in [4.69, 9.17) is 0 Å². The molecule has 0 atom stereocenters. The lowest BCUT2D eigenvalue weighted by atomic mass is 9.78. The third kappa shape index (κ3) is 2.82. The van der Waals surface area contributed by atoms with Crippen LogP contribution in [0.5, 0.6) is 0 Å². The fourth-order valence-electron chi connectivity index (χ4n) is 1.36. The second-order valence-electron chi connectivity index (χ2n) is 5.33. The predicted molar refractivity (Wildman–Crippen MR) is 49.7 cm³/mol. The molecule has 0 aromatic rings. The molecule has 1 aliphatic rings. The van der Waals surface area contributed by atoms with Gasteiger partial charge in [0.1, 0.15) is 0 Å².